The van der Waals surface area contributed by atoms with E-state index in [9.17, 15) is 9.59 Å². The molecule has 0 saturated carbocycles. The third kappa shape index (κ3) is 4.31. The number of anilines is 1. The first-order chi connectivity index (χ1) is 12.7. The van der Waals surface area contributed by atoms with Crippen LogP contribution in [0.2, 0.25) is 0 Å². The van der Waals surface area contributed by atoms with E-state index in [4.69, 9.17) is 4.74 Å². The van der Waals surface area contributed by atoms with Gasteiger partial charge in [-0.15, -0.1) is 11.3 Å². The van der Waals surface area contributed by atoms with Crippen LogP contribution in [0.4, 0.5) is 5.69 Å². The van der Waals surface area contributed by atoms with E-state index < -0.39 is 5.97 Å². The van der Waals surface area contributed by atoms with E-state index >= 15 is 0 Å². The van der Waals surface area contributed by atoms with Crippen LogP contribution in [0.15, 0.2) is 53.4 Å². The number of nitrogens with one attached hydrogen (secondary N) is 1. The van der Waals surface area contributed by atoms with Crippen LogP contribution in [-0.4, -0.2) is 29.2 Å². The lowest BCUT2D eigenvalue weighted by Gasteiger charge is -2.06. The highest BCUT2D eigenvalue weighted by molar-refractivity contribution is 7.08. The van der Waals surface area contributed by atoms with Crippen molar-refractivity contribution in [3.63, 3.8) is 0 Å². The number of esters is 1. The molecule has 0 atom stereocenters. The van der Waals surface area contributed by atoms with Gasteiger partial charge in [0.1, 0.15) is 0 Å². The van der Waals surface area contributed by atoms with Gasteiger partial charge in [0.15, 0.2) is 0 Å². The van der Waals surface area contributed by atoms with Gasteiger partial charge in [0.2, 0.25) is 5.91 Å². The molecule has 3 aromatic rings. The van der Waals surface area contributed by atoms with Crippen molar-refractivity contribution in [2.45, 2.75) is 12.8 Å². The zero-order valence-electron chi connectivity index (χ0n) is 14.1. The van der Waals surface area contributed by atoms with Crippen LogP contribution in [0.1, 0.15) is 22.3 Å². The van der Waals surface area contributed by atoms with Crippen LogP contribution in [-0.2, 0) is 16.0 Å². The molecule has 0 aliphatic heterocycles. The second kappa shape index (κ2) is 8.35. The van der Waals surface area contributed by atoms with Crippen LogP contribution in [0.25, 0.3) is 11.3 Å². The maximum Gasteiger partial charge on any atom is 0.340 e. The van der Waals surface area contributed by atoms with Crippen LogP contribution >= 0.6 is 11.3 Å². The van der Waals surface area contributed by atoms with E-state index in [0.717, 1.165) is 16.8 Å². The molecule has 0 radical (unpaired) electrons. The van der Waals surface area contributed by atoms with E-state index in [1.807, 2.05) is 36.4 Å². The van der Waals surface area contributed by atoms with Crippen molar-refractivity contribution in [1.82, 2.24) is 10.2 Å². The van der Waals surface area contributed by atoms with Gasteiger partial charge < -0.3 is 10.1 Å². The predicted molar refractivity (Wildman–Crippen MR) is 100 cm³/mol. The van der Waals surface area contributed by atoms with Crippen molar-refractivity contribution >= 4 is 28.9 Å². The zero-order valence-corrected chi connectivity index (χ0v) is 15.0. The first-order valence-corrected chi connectivity index (χ1v) is 8.93. The molecule has 0 spiro atoms. The van der Waals surface area contributed by atoms with Gasteiger partial charge in [-0.2, -0.15) is 10.2 Å². The number of hydrogen-bond acceptors (Lipinski definition) is 6. The van der Waals surface area contributed by atoms with Gasteiger partial charge >= 0.3 is 5.97 Å². The fourth-order valence-corrected chi connectivity index (χ4v) is 3.18. The molecule has 2 aromatic heterocycles. The molecule has 0 aliphatic carbocycles. The first kappa shape index (κ1) is 17.8. The van der Waals surface area contributed by atoms with Crippen molar-refractivity contribution in [3.8, 4) is 11.3 Å². The second-order valence-electron chi connectivity index (χ2n) is 5.55. The number of thiophene rings is 1. The highest BCUT2D eigenvalue weighted by Crippen LogP contribution is 2.22. The molecular weight excluding hydrogens is 350 g/mol. The minimum absolute atomic E-state index is 0.174. The van der Waals surface area contributed by atoms with Gasteiger partial charge in [-0.25, -0.2) is 4.79 Å². The monoisotopic (exact) mass is 367 g/mol. The molecule has 132 valence electrons. The van der Waals surface area contributed by atoms with Crippen molar-refractivity contribution in [2.24, 2.45) is 0 Å². The standard InChI is InChI=1S/C19H17N3O3S/c1-25-19(24)15-11-26-12-17(15)21-18(23)8-7-13-9-16(22-20-10-13)14-5-3-2-4-6-14/h2-6,9-12H,7-8H2,1H3,(H,21,23). The number of carbonyl (C=O) groups is 2. The predicted octanol–water partition coefficient (Wildman–Crippen LogP) is 3.56. The number of ether oxygens (including phenoxy) is 1. The van der Waals surface area contributed by atoms with E-state index in [1.54, 1.807) is 17.0 Å². The van der Waals surface area contributed by atoms with Crippen LogP contribution in [0.5, 0.6) is 0 Å². The van der Waals surface area contributed by atoms with Crippen LogP contribution < -0.4 is 5.32 Å². The summed E-state index contributed by atoms with van der Waals surface area (Å²) in [6.07, 6.45) is 2.46. The van der Waals surface area contributed by atoms with Gasteiger partial charge in [0.25, 0.3) is 0 Å². The number of aromatic nitrogens is 2. The molecule has 26 heavy (non-hydrogen) atoms. The molecule has 0 saturated heterocycles. The Morgan fingerprint density at radius 2 is 2.00 bits per heavy atom. The van der Waals surface area contributed by atoms with Crippen LogP contribution in [0.3, 0.4) is 0 Å². The highest BCUT2D eigenvalue weighted by atomic mass is 32.1. The number of aryl methyl sites for hydroxylation is 1. The number of carbonyl (C=O) groups excluding carboxylic acids is 2. The molecule has 0 unspecified atom stereocenters. The molecule has 1 amide bonds. The largest absolute Gasteiger partial charge is 0.465 e. The molecule has 0 bridgehead atoms. The molecule has 6 nitrogen and oxygen atoms in total. The lowest BCUT2D eigenvalue weighted by atomic mass is 10.1. The van der Waals surface area contributed by atoms with Gasteiger partial charge in [-0.3, -0.25) is 4.79 Å². The van der Waals surface area contributed by atoms with Crippen molar-refractivity contribution < 1.29 is 14.3 Å². The maximum atomic E-state index is 12.2. The van der Waals surface area contributed by atoms with Gasteiger partial charge in [0.05, 0.1) is 30.3 Å². The fourth-order valence-electron chi connectivity index (χ4n) is 2.43. The summed E-state index contributed by atoms with van der Waals surface area (Å²) in [5.74, 6) is -0.640. The van der Waals surface area contributed by atoms with Gasteiger partial charge in [0, 0.05) is 22.7 Å². The summed E-state index contributed by atoms with van der Waals surface area (Å²) in [6.45, 7) is 0. The number of benzene rings is 1. The molecular formula is C19H17N3O3S. The Labute approximate surface area is 154 Å². The maximum absolute atomic E-state index is 12.2. The normalized spacial score (nSPS) is 10.3. The van der Waals surface area contributed by atoms with E-state index in [0.29, 0.717) is 17.7 Å². The summed E-state index contributed by atoms with van der Waals surface area (Å²) in [6, 6.07) is 11.7. The Balaban J connectivity index is 1.62. The second-order valence-corrected chi connectivity index (χ2v) is 6.30. The minimum Gasteiger partial charge on any atom is -0.465 e. The summed E-state index contributed by atoms with van der Waals surface area (Å²) in [5, 5.41) is 14.3. The Bertz CT molecular complexity index is 909. The number of nitrogens with zero attached hydrogens (tertiary/aromatic N) is 2. The Kier molecular flexibility index (Phi) is 5.70. The summed E-state index contributed by atoms with van der Waals surface area (Å²) in [7, 11) is 1.31. The topological polar surface area (TPSA) is 81.2 Å². The van der Waals surface area contributed by atoms with Crippen LogP contribution in [0, 0.1) is 0 Å². The first-order valence-electron chi connectivity index (χ1n) is 7.98. The molecule has 7 heteroatoms. The van der Waals surface area contributed by atoms with E-state index in [-0.39, 0.29) is 12.3 Å². The summed E-state index contributed by atoms with van der Waals surface area (Å²) >= 11 is 1.33. The quantitative estimate of drug-likeness (QED) is 0.674. The summed E-state index contributed by atoms with van der Waals surface area (Å²) < 4.78 is 4.70. The lowest BCUT2D eigenvalue weighted by Crippen LogP contribution is -2.14. The lowest BCUT2D eigenvalue weighted by molar-refractivity contribution is -0.116. The number of hydrogen-bond donors (Lipinski definition) is 1. The number of amides is 1. The zero-order chi connectivity index (χ0) is 18.4. The fraction of sp³-hybridized carbons (Fsp3) is 0.158. The summed E-state index contributed by atoms with van der Waals surface area (Å²) in [4.78, 5) is 23.9. The Morgan fingerprint density at radius 3 is 2.77 bits per heavy atom. The van der Waals surface area contributed by atoms with E-state index in [1.165, 1.54) is 18.4 Å². The average molecular weight is 367 g/mol. The number of methoxy groups -OCH3 is 1. The molecule has 3 rings (SSSR count). The van der Waals surface area contributed by atoms with Gasteiger partial charge in [-0.1, -0.05) is 30.3 Å². The Morgan fingerprint density at radius 1 is 1.19 bits per heavy atom. The van der Waals surface area contributed by atoms with E-state index in [2.05, 4.69) is 15.5 Å². The average Bonchev–Trinajstić information content (AvgIpc) is 3.15. The smallest absolute Gasteiger partial charge is 0.340 e. The third-order valence-corrected chi connectivity index (χ3v) is 4.51. The molecule has 0 aliphatic rings. The van der Waals surface area contributed by atoms with Gasteiger partial charge in [-0.05, 0) is 18.1 Å². The molecule has 0 fully saturated rings. The molecule has 2 heterocycles. The summed E-state index contributed by atoms with van der Waals surface area (Å²) in [5.41, 5.74) is 3.52. The minimum atomic E-state index is -0.465. The van der Waals surface area contributed by atoms with Crippen molar-refractivity contribution in [3.05, 3.63) is 64.5 Å². The third-order valence-electron chi connectivity index (χ3n) is 3.76. The molecule has 1 aromatic carbocycles. The Hall–Kier alpha value is -3.06. The molecule has 1 N–H and O–H groups in total. The van der Waals surface area contributed by atoms with Crippen molar-refractivity contribution in [2.75, 3.05) is 12.4 Å². The number of rotatable bonds is 6. The highest BCUT2D eigenvalue weighted by Gasteiger charge is 2.15. The van der Waals surface area contributed by atoms with Crippen molar-refractivity contribution in [1.29, 1.82) is 0 Å². The SMILES string of the molecule is COC(=O)c1cscc1NC(=O)CCc1cnnc(-c2ccccc2)c1.